The minimum Gasteiger partial charge on any atom is -0.486 e. The number of benzene rings is 1. The normalized spacial score (nSPS) is 19.6. The van der Waals surface area contributed by atoms with Crippen molar-refractivity contribution in [2.24, 2.45) is 5.41 Å². The second-order valence-electron chi connectivity index (χ2n) is 5.02. The molecule has 1 aliphatic rings. The Morgan fingerprint density at radius 2 is 2.00 bits per heavy atom. The van der Waals surface area contributed by atoms with Crippen molar-refractivity contribution in [2.75, 3.05) is 13.2 Å². The minimum atomic E-state index is -0.125. The van der Waals surface area contributed by atoms with Crippen LogP contribution in [0.5, 0.6) is 11.5 Å². The molecule has 0 bridgehead atoms. The van der Waals surface area contributed by atoms with Crippen LogP contribution in [0.3, 0.4) is 0 Å². The summed E-state index contributed by atoms with van der Waals surface area (Å²) in [5, 5.41) is 9.22. The van der Waals surface area contributed by atoms with Crippen molar-refractivity contribution in [1.82, 2.24) is 0 Å². The molecule has 1 heterocycles. The number of para-hydroxylation sites is 2. The van der Waals surface area contributed by atoms with E-state index in [4.69, 9.17) is 9.47 Å². The number of aliphatic hydroxyl groups is 1. The van der Waals surface area contributed by atoms with E-state index in [1.807, 2.05) is 38.1 Å². The third kappa shape index (κ3) is 2.47. The Morgan fingerprint density at radius 1 is 1.31 bits per heavy atom. The van der Waals surface area contributed by atoms with Crippen LogP contribution in [0.4, 0.5) is 0 Å². The third-order valence-electron chi connectivity index (χ3n) is 2.78. The average molecular weight is 222 g/mol. The first-order valence-electron chi connectivity index (χ1n) is 5.60. The van der Waals surface area contributed by atoms with Crippen molar-refractivity contribution in [3.63, 3.8) is 0 Å². The van der Waals surface area contributed by atoms with E-state index in [1.165, 1.54) is 0 Å². The van der Waals surface area contributed by atoms with Gasteiger partial charge in [-0.15, -0.1) is 0 Å². The number of hydrogen-bond acceptors (Lipinski definition) is 3. The van der Waals surface area contributed by atoms with Crippen LogP contribution in [-0.4, -0.2) is 24.4 Å². The van der Waals surface area contributed by atoms with E-state index in [1.54, 1.807) is 0 Å². The number of aliphatic hydroxyl groups excluding tert-OH is 1. The highest BCUT2D eigenvalue weighted by Gasteiger charge is 2.27. The number of rotatable bonds is 3. The van der Waals surface area contributed by atoms with Crippen LogP contribution in [0.1, 0.15) is 20.3 Å². The van der Waals surface area contributed by atoms with E-state index >= 15 is 0 Å². The fourth-order valence-corrected chi connectivity index (χ4v) is 1.84. The van der Waals surface area contributed by atoms with Gasteiger partial charge < -0.3 is 14.6 Å². The van der Waals surface area contributed by atoms with Gasteiger partial charge in [0.25, 0.3) is 0 Å². The number of ether oxygens (including phenoxy) is 2. The van der Waals surface area contributed by atoms with Crippen LogP contribution < -0.4 is 9.47 Å². The molecule has 88 valence electrons. The molecule has 1 atom stereocenters. The van der Waals surface area contributed by atoms with Crippen molar-refractivity contribution in [2.45, 2.75) is 26.4 Å². The van der Waals surface area contributed by atoms with E-state index in [0.717, 1.165) is 17.9 Å². The molecule has 0 amide bonds. The van der Waals surface area contributed by atoms with Crippen LogP contribution >= 0.6 is 0 Å². The second-order valence-corrected chi connectivity index (χ2v) is 5.02. The summed E-state index contributed by atoms with van der Waals surface area (Å²) in [6.45, 7) is 4.77. The van der Waals surface area contributed by atoms with Crippen molar-refractivity contribution in [3.8, 4) is 11.5 Å². The van der Waals surface area contributed by atoms with Crippen molar-refractivity contribution >= 4 is 0 Å². The van der Waals surface area contributed by atoms with Crippen LogP contribution in [0.25, 0.3) is 0 Å². The summed E-state index contributed by atoms with van der Waals surface area (Å²) >= 11 is 0. The number of hydrogen-bond donors (Lipinski definition) is 1. The lowest BCUT2D eigenvalue weighted by molar-refractivity contribution is 0.0369. The first kappa shape index (κ1) is 11.3. The molecule has 1 N–H and O–H groups in total. The maximum Gasteiger partial charge on any atom is 0.161 e. The molecule has 1 aromatic rings. The Hall–Kier alpha value is -1.22. The molecule has 0 saturated carbocycles. The summed E-state index contributed by atoms with van der Waals surface area (Å²) in [5.74, 6) is 1.60. The third-order valence-corrected chi connectivity index (χ3v) is 2.78. The van der Waals surface area contributed by atoms with Gasteiger partial charge in [-0.05, 0) is 24.0 Å². The van der Waals surface area contributed by atoms with Crippen LogP contribution in [-0.2, 0) is 0 Å². The van der Waals surface area contributed by atoms with Gasteiger partial charge in [0.1, 0.15) is 12.7 Å². The topological polar surface area (TPSA) is 38.7 Å². The first-order chi connectivity index (χ1) is 7.61. The second kappa shape index (κ2) is 4.34. The lowest BCUT2D eigenvalue weighted by Crippen LogP contribution is -2.35. The maximum atomic E-state index is 9.22. The predicted molar refractivity (Wildman–Crippen MR) is 61.8 cm³/mol. The van der Waals surface area contributed by atoms with E-state index in [2.05, 4.69) is 0 Å². The summed E-state index contributed by atoms with van der Waals surface area (Å²) < 4.78 is 11.5. The molecule has 3 nitrogen and oxygen atoms in total. The van der Waals surface area contributed by atoms with Gasteiger partial charge in [-0.3, -0.25) is 0 Å². The van der Waals surface area contributed by atoms with Gasteiger partial charge in [-0.25, -0.2) is 0 Å². The molecule has 1 aromatic carbocycles. The first-order valence-corrected chi connectivity index (χ1v) is 5.60. The minimum absolute atomic E-state index is 0.0250. The zero-order valence-corrected chi connectivity index (χ0v) is 9.77. The molecule has 0 aliphatic carbocycles. The van der Waals surface area contributed by atoms with Gasteiger partial charge in [0.15, 0.2) is 11.5 Å². The zero-order valence-electron chi connectivity index (χ0n) is 9.77. The van der Waals surface area contributed by atoms with Crippen molar-refractivity contribution in [3.05, 3.63) is 24.3 Å². The van der Waals surface area contributed by atoms with E-state index in [-0.39, 0.29) is 18.1 Å². The highest BCUT2D eigenvalue weighted by Crippen LogP contribution is 2.34. The fraction of sp³-hybridized carbons (Fsp3) is 0.538. The largest absolute Gasteiger partial charge is 0.486 e. The van der Waals surface area contributed by atoms with Gasteiger partial charge in [0.2, 0.25) is 0 Å². The van der Waals surface area contributed by atoms with Crippen molar-refractivity contribution < 1.29 is 14.6 Å². The fourth-order valence-electron chi connectivity index (χ4n) is 1.84. The monoisotopic (exact) mass is 222 g/mol. The summed E-state index contributed by atoms with van der Waals surface area (Å²) in [5.41, 5.74) is -0.125. The Kier molecular flexibility index (Phi) is 3.06. The summed E-state index contributed by atoms with van der Waals surface area (Å²) in [4.78, 5) is 0. The Morgan fingerprint density at radius 3 is 2.69 bits per heavy atom. The van der Waals surface area contributed by atoms with Crippen LogP contribution in [0.15, 0.2) is 24.3 Å². The zero-order chi connectivity index (χ0) is 11.6. The lowest BCUT2D eigenvalue weighted by Gasteiger charge is -2.31. The van der Waals surface area contributed by atoms with Crippen molar-refractivity contribution in [1.29, 1.82) is 0 Å². The standard InChI is InChI=1S/C13H18O3/c1-13(2,9-14)7-10-8-15-11-5-3-4-6-12(11)16-10/h3-6,10,14H,7-9H2,1-2H3. The highest BCUT2D eigenvalue weighted by molar-refractivity contribution is 5.40. The summed E-state index contributed by atoms with van der Waals surface area (Å²) in [6, 6.07) is 7.68. The molecule has 16 heavy (non-hydrogen) atoms. The average Bonchev–Trinajstić information content (AvgIpc) is 2.28. The summed E-state index contributed by atoms with van der Waals surface area (Å²) in [6.07, 6.45) is 0.815. The Labute approximate surface area is 96.0 Å². The molecule has 0 aromatic heterocycles. The molecular weight excluding hydrogens is 204 g/mol. The molecular formula is C13H18O3. The van der Waals surface area contributed by atoms with E-state index in [0.29, 0.717) is 6.61 Å². The Balaban J connectivity index is 2.03. The Bertz CT molecular complexity index is 360. The van der Waals surface area contributed by atoms with Gasteiger partial charge in [0.05, 0.1) is 0 Å². The highest BCUT2D eigenvalue weighted by atomic mass is 16.6. The molecule has 0 spiro atoms. The van der Waals surface area contributed by atoms with Gasteiger partial charge in [0, 0.05) is 6.61 Å². The van der Waals surface area contributed by atoms with E-state index < -0.39 is 0 Å². The molecule has 0 fully saturated rings. The molecule has 0 saturated heterocycles. The van der Waals surface area contributed by atoms with E-state index in [9.17, 15) is 5.11 Å². The molecule has 3 heteroatoms. The molecule has 1 aliphatic heterocycles. The predicted octanol–water partition coefficient (Wildman–Crippen LogP) is 2.24. The molecule has 1 unspecified atom stereocenters. The molecule has 2 rings (SSSR count). The quantitative estimate of drug-likeness (QED) is 0.852. The van der Waals surface area contributed by atoms with Crippen LogP contribution in [0, 0.1) is 5.41 Å². The maximum absolute atomic E-state index is 9.22. The van der Waals surface area contributed by atoms with Gasteiger partial charge in [-0.2, -0.15) is 0 Å². The smallest absolute Gasteiger partial charge is 0.161 e. The van der Waals surface area contributed by atoms with Crippen LogP contribution in [0.2, 0.25) is 0 Å². The summed E-state index contributed by atoms with van der Waals surface area (Å²) in [7, 11) is 0. The number of fused-ring (bicyclic) bond motifs is 1. The lowest BCUT2D eigenvalue weighted by atomic mass is 9.87. The van der Waals surface area contributed by atoms with Gasteiger partial charge in [-0.1, -0.05) is 26.0 Å². The SMILES string of the molecule is CC(C)(CO)CC1COc2ccccc2O1. The molecule has 0 radical (unpaired) electrons. The van der Waals surface area contributed by atoms with Gasteiger partial charge >= 0.3 is 0 Å².